The van der Waals surface area contributed by atoms with Crippen molar-refractivity contribution >= 4 is 17.5 Å². The van der Waals surface area contributed by atoms with Crippen LogP contribution in [0.15, 0.2) is 36.5 Å². The zero-order chi connectivity index (χ0) is 29.0. The minimum absolute atomic E-state index is 0.144. The van der Waals surface area contributed by atoms with Crippen molar-refractivity contribution in [2.75, 3.05) is 46.7 Å². The molecule has 0 aliphatic carbocycles. The van der Waals surface area contributed by atoms with E-state index in [-0.39, 0.29) is 30.0 Å². The topological polar surface area (TPSA) is 101 Å². The standard InChI is InChI=1S/C27H31F3N6O4/c1-16-11-21(23(38-5)12-18(16)24(37)31-9-10-35(2)3)33-26-32-13-20(27(28,29)30)25(34-26)40-22-8-6-7-17-14-36(4)39-15-19(17)22/h6-8,11-13H,9-10,14-15H2,1-5H3,(H,31,37)(H,32,33,34). The van der Waals surface area contributed by atoms with Gasteiger partial charge in [-0.1, -0.05) is 12.1 Å². The van der Waals surface area contributed by atoms with E-state index in [9.17, 15) is 18.0 Å². The molecule has 2 aromatic carbocycles. The van der Waals surface area contributed by atoms with Crippen LogP contribution in [0.5, 0.6) is 17.4 Å². The number of amides is 1. The fourth-order valence-electron chi connectivity index (χ4n) is 4.09. The van der Waals surface area contributed by atoms with Gasteiger partial charge in [-0.05, 0) is 50.3 Å². The molecule has 1 aliphatic rings. The second kappa shape index (κ2) is 12.1. The van der Waals surface area contributed by atoms with Gasteiger partial charge in [0.2, 0.25) is 11.8 Å². The Bertz CT molecular complexity index is 1380. The summed E-state index contributed by atoms with van der Waals surface area (Å²) in [7, 11) is 6.99. The molecule has 1 amide bonds. The van der Waals surface area contributed by atoms with Crippen LogP contribution < -0.4 is 20.1 Å². The molecule has 1 aliphatic heterocycles. The minimum atomic E-state index is -4.75. The van der Waals surface area contributed by atoms with Gasteiger partial charge < -0.3 is 25.0 Å². The zero-order valence-corrected chi connectivity index (χ0v) is 22.8. The van der Waals surface area contributed by atoms with Crippen molar-refractivity contribution in [2.24, 2.45) is 0 Å². The number of halogens is 3. The first-order chi connectivity index (χ1) is 19.0. The van der Waals surface area contributed by atoms with Crippen LogP contribution in [-0.4, -0.2) is 67.2 Å². The number of hydrogen-bond donors (Lipinski definition) is 2. The maximum atomic E-state index is 13.9. The Balaban J connectivity index is 1.63. The molecule has 13 heteroatoms. The second-order valence-electron chi connectivity index (χ2n) is 9.52. The average Bonchev–Trinajstić information content (AvgIpc) is 2.88. The van der Waals surface area contributed by atoms with E-state index in [1.807, 2.05) is 25.1 Å². The minimum Gasteiger partial charge on any atom is -0.495 e. The molecule has 0 saturated carbocycles. The van der Waals surface area contributed by atoms with Crippen LogP contribution in [0.25, 0.3) is 0 Å². The summed E-state index contributed by atoms with van der Waals surface area (Å²) in [6.07, 6.45) is -4.09. The lowest BCUT2D eigenvalue weighted by atomic mass is 10.1. The fourth-order valence-corrected chi connectivity index (χ4v) is 4.09. The number of rotatable bonds is 9. The van der Waals surface area contributed by atoms with Gasteiger partial charge in [0.15, 0.2) is 0 Å². The molecule has 0 atom stereocenters. The number of carbonyl (C=O) groups is 1. The van der Waals surface area contributed by atoms with Crippen molar-refractivity contribution in [2.45, 2.75) is 26.3 Å². The molecule has 0 fully saturated rings. The Morgan fingerprint density at radius 3 is 2.70 bits per heavy atom. The number of nitrogens with zero attached hydrogens (tertiary/aromatic N) is 4. The highest BCUT2D eigenvalue weighted by molar-refractivity contribution is 5.97. The summed E-state index contributed by atoms with van der Waals surface area (Å²) in [6.45, 7) is 3.48. The lowest BCUT2D eigenvalue weighted by molar-refractivity contribution is -0.168. The van der Waals surface area contributed by atoms with E-state index in [2.05, 4.69) is 20.6 Å². The van der Waals surface area contributed by atoms with Gasteiger partial charge in [0, 0.05) is 44.0 Å². The molecule has 0 saturated heterocycles. The Labute approximate surface area is 230 Å². The number of fused-ring (bicyclic) bond motifs is 1. The third-order valence-corrected chi connectivity index (χ3v) is 6.20. The molecule has 2 heterocycles. The predicted octanol–water partition coefficient (Wildman–Crippen LogP) is 4.52. The van der Waals surface area contributed by atoms with Crippen LogP contribution in [0.3, 0.4) is 0 Å². The zero-order valence-electron chi connectivity index (χ0n) is 22.8. The molecule has 4 rings (SSSR count). The third kappa shape index (κ3) is 6.79. The lowest BCUT2D eigenvalue weighted by Gasteiger charge is -2.26. The van der Waals surface area contributed by atoms with E-state index in [0.717, 1.165) is 5.56 Å². The Morgan fingerprint density at radius 2 is 2.00 bits per heavy atom. The first-order valence-corrected chi connectivity index (χ1v) is 12.4. The molecular weight excluding hydrogens is 529 g/mol. The van der Waals surface area contributed by atoms with E-state index in [1.54, 1.807) is 43.3 Å². The van der Waals surface area contributed by atoms with Crippen LogP contribution in [0.1, 0.15) is 32.6 Å². The summed E-state index contributed by atoms with van der Waals surface area (Å²) in [5.41, 5.74) is 1.77. The van der Waals surface area contributed by atoms with Gasteiger partial charge in [-0.2, -0.15) is 23.2 Å². The van der Waals surface area contributed by atoms with Crippen molar-refractivity contribution in [1.82, 2.24) is 25.2 Å². The number of methoxy groups -OCH3 is 1. The number of likely N-dealkylation sites (N-methyl/N-ethyl adjacent to an activating group) is 1. The van der Waals surface area contributed by atoms with Crippen LogP contribution in [0.2, 0.25) is 0 Å². The predicted molar refractivity (Wildman–Crippen MR) is 142 cm³/mol. The van der Waals surface area contributed by atoms with Crippen molar-refractivity contribution in [1.29, 1.82) is 0 Å². The van der Waals surface area contributed by atoms with Gasteiger partial charge in [-0.3, -0.25) is 9.63 Å². The van der Waals surface area contributed by atoms with Crippen LogP contribution >= 0.6 is 0 Å². The monoisotopic (exact) mass is 560 g/mol. The summed E-state index contributed by atoms with van der Waals surface area (Å²) in [6, 6.07) is 8.32. The molecule has 0 unspecified atom stereocenters. The number of benzene rings is 2. The molecule has 214 valence electrons. The third-order valence-electron chi connectivity index (χ3n) is 6.20. The average molecular weight is 561 g/mol. The number of ether oxygens (including phenoxy) is 2. The smallest absolute Gasteiger partial charge is 0.423 e. The summed E-state index contributed by atoms with van der Waals surface area (Å²) >= 11 is 0. The quantitative estimate of drug-likeness (QED) is 0.391. The molecule has 0 spiro atoms. The fraction of sp³-hybridized carbons (Fsp3) is 0.370. The second-order valence-corrected chi connectivity index (χ2v) is 9.52. The van der Waals surface area contributed by atoms with Gasteiger partial charge >= 0.3 is 6.18 Å². The van der Waals surface area contributed by atoms with Gasteiger partial charge in [0.25, 0.3) is 5.91 Å². The number of aryl methyl sites for hydroxylation is 1. The summed E-state index contributed by atoms with van der Waals surface area (Å²) in [4.78, 5) is 28.1. The molecule has 40 heavy (non-hydrogen) atoms. The first kappa shape index (κ1) is 29.1. The number of nitrogens with one attached hydrogen (secondary N) is 2. The number of carbonyl (C=O) groups excluding carboxylic acids is 1. The maximum Gasteiger partial charge on any atom is 0.423 e. The van der Waals surface area contributed by atoms with Gasteiger partial charge in [0.1, 0.15) is 17.1 Å². The van der Waals surface area contributed by atoms with Crippen LogP contribution in [-0.2, 0) is 24.2 Å². The van der Waals surface area contributed by atoms with Gasteiger partial charge in [-0.25, -0.2) is 4.98 Å². The van der Waals surface area contributed by atoms with Gasteiger partial charge in [0.05, 0.1) is 19.4 Å². The SMILES string of the molecule is COc1cc(C(=O)NCCN(C)C)c(C)cc1Nc1ncc(C(F)(F)F)c(Oc2cccc3c2CON(C)C3)n1. The van der Waals surface area contributed by atoms with E-state index in [4.69, 9.17) is 14.3 Å². The van der Waals surface area contributed by atoms with Crippen LogP contribution in [0.4, 0.5) is 24.8 Å². The Morgan fingerprint density at radius 1 is 1.23 bits per heavy atom. The number of aromatic nitrogens is 2. The summed E-state index contributed by atoms with van der Waals surface area (Å²) in [5, 5.41) is 7.38. The largest absolute Gasteiger partial charge is 0.495 e. The normalized spacial score (nSPS) is 13.6. The molecular formula is C27H31F3N6O4. The number of hydrogen-bond acceptors (Lipinski definition) is 9. The Kier molecular flexibility index (Phi) is 8.76. The molecule has 2 N–H and O–H groups in total. The van der Waals surface area contributed by atoms with Crippen molar-refractivity contribution in [3.8, 4) is 17.4 Å². The van der Waals surface area contributed by atoms with Crippen molar-refractivity contribution in [3.63, 3.8) is 0 Å². The van der Waals surface area contributed by atoms with E-state index in [0.29, 0.717) is 48.2 Å². The van der Waals surface area contributed by atoms with Crippen LogP contribution in [0, 0.1) is 6.92 Å². The highest BCUT2D eigenvalue weighted by Crippen LogP contribution is 2.39. The van der Waals surface area contributed by atoms with Gasteiger partial charge in [-0.15, -0.1) is 0 Å². The van der Waals surface area contributed by atoms with E-state index in [1.165, 1.54) is 7.11 Å². The Hall–Kier alpha value is -3.94. The molecule has 3 aromatic rings. The highest BCUT2D eigenvalue weighted by Gasteiger charge is 2.37. The summed E-state index contributed by atoms with van der Waals surface area (Å²) < 4.78 is 52.7. The number of alkyl halides is 3. The summed E-state index contributed by atoms with van der Waals surface area (Å²) in [5.74, 6) is -0.590. The number of hydroxylamine groups is 2. The number of anilines is 2. The lowest BCUT2D eigenvalue weighted by Crippen LogP contribution is -2.31. The van der Waals surface area contributed by atoms with E-state index >= 15 is 0 Å². The van der Waals surface area contributed by atoms with Crippen molar-refractivity contribution in [3.05, 3.63) is 64.3 Å². The molecule has 0 bridgehead atoms. The van der Waals surface area contributed by atoms with E-state index < -0.39 is 17.6 Å². The maximum absolute atomic E-state index is 13.9. The highest BCUT2D eigenvalue weighted by atomic mass is 19.4. The molecule has 10 nitrogen and oxygen atoms in total. The van der Waals surface area contributed by atoms with Crippen molar-refractivity contribution < 1.29 is 32.3 Å². The molecule has 0 radical (unpaired) electrons. The molecule has 1 aromatic heterocycles. The first-order valence-electron chi connectivity index (χ1n) is 12.4.